The Morgan fingerprint density at radius 1 is 1.25 bits per heavy atom. The van der Waals surface area contributed by atoms with Crippen molar-refractivity contribution in [1.29, 1.82) is 0 Å². The average Bonchev–Trinajstić information content (AvgIpc) is 2.70. The number of rotatable bonds is 14. The number of hydrogen-bond acceptors (Lipinski definition) is 5. The van der Waals surface area contributed by atoms with Crippen LogP contribution in [0.3, 0.4) is 0 Å². The van der Waals surface area contributed by atoms with Crippen LogP contribution >= 0.6 is 11.6 Å². The van der Waals surface area contributed by atoms with Gasteiger partial charge in [0.2, 0.25) is 5.91 Å². The first-order valence-electron chi connectivity index (χ1n) is 9.74. The summed E-state index contributed by atoms with van der Waals surface area (Å²) in [6.07, 6.45) is 5.29. The van der Waals surface area contributed by atoms with Crippen LogP contribution in [0.25, 0.3) is 0 Å². The fourth-order valence-electron chi connectivity index (χ4n) is 2.54. The summed E-state index contributed by atoms with van der Waals surface area (Å²) in [5.41, 5.74) is 0.493. The molecule has 0 saturated heterocycles. The van der Waals surface area contributed by atoms with E-state index in [-0.39, 0.29) is 28.9 Å². The minimum atomic E-state index is -0.353. The molecule has 0 spiro atoms. The quantitative estimate of drug-likeness (QED) is 0.150. The van der Waals surface area contributed by atoms with E-state index < -0.39 is 0 Å². The maximum atomic E-state index is 12.7. The Hall–Kier alpha value is -1.79. The van der Waals surface area contributed by atoms with Gasteiger partial charge < -0.3 is 19.5 Å². The highest BCUT2D eigenvalue weighted by Crippen LogP contribution is 2.17. The number of halogens is 1. The molecule has 0 radical (unpaired) electrons. The molecule has 160 valence electrons. The van der Waals surface area contributed by atoms with E-state index in [0.29, 0.717) is 51.1 Å². The zero-order valence-corrected chi connectivity index (χ0v) is 18.2. The van der Waals surface area contributed by atoms with Gasteiger partial charge in [-0.2, -0.15) is 0 Å². The van der Waals surface area contributed by atoms with Crippen molar-refractivity contribution in [2.75, 3.05) is 26.3 Å². The summed E-state index contributed by atoms with van der Waals surface area (Å²) in [6, 6.07) is 0. The molecule has 0 aliphatic rings. The van der Waals surface area contributed by atoms with Crippen LogP contribution in [0.4, 0.5) is 0 Å². The number of amides is 1. The van der Waals surface area contributed by atoms with Gasteiger partial charge in [-0.25, -0.2) is 0 Å². The molecule has 0 rings (SSSR count). The number of aliphatic hydroxyl groups excluding tert-OH is 1. The van der Waals surface area contributed by atoms with E-state index in [9.17, 15) is 9.59 Å². The van der Waals surface area contributed by atoms with Crippen LogP contribution in [-0.4, -0.2) is 54.3 Å². The second kappa shape index (κ2) is 15.2. The Balaban J connectivity index is 5.04. The molecule has 0 heterocycles. The first-order valence-corrected chi connectivity index (χ1v) is 10.1. The van der Waals surface area contributed by atoms with Crippen LogP contribution in [0.15, 0.2) is 35.6 Å². The first-order chi connectivity index (χ1) is 13.3. The standard InChI is InChI=1S/C21H34ClNO5/c1-6-16(5)28-13-11-18(21(26)27-9-4)10-12-23(8-3)20(25)17(7-2)14-19(22)15-24/h6,14-16,18,24H,1,7-13H2,2-5H3/b17-14+,19-15-. The molecule has 0 aromatic carbocycles. The van der Waals surface area contributed by atoms with Crippen molar-refractivity contribution in [3.8, 4) is 0 Å². The summed E-state index contributed by atoms with van der Waals surface area (Å²) in [7, 11) is 0. The van der Waals surface area contributed by atoms with Gasteiger partial charge in [0.1, 0.15) is 0 Å². The number of likely N-dealkylation sites (N-methyl/N-ethyl adjacent to an activating group) is 1. The Morgan fingerprint density at radius 3 is 2.43 bits per heavy atom. The predicted molar refractivity (Wildman–Crippen MR) is 112 cm³/mol. The topological polar surface area (TPSA) is 76.1 Å². The average molecular weight is 416 g/mol. The molecule has 28 heavy (non-hydrogen) atoms. The third-order valence-corrected chi connectivity index (χ3v) is 4.51. The zero-order chi connectivity index (χ0) is 21.5. The third-order valence-electron chi connectivity index (χ3n) is 4.31. The van der Waals surface area contributed by atoms with Crippen molar-refractivity contribution in [1.82, 2.24) is 4.90 Å². The second-order valence-electron chi connectivity index (χ2n) is 6.26. The highest BCUT2D eigenvalue weighted by atomic mass is 35.5. The number of aliphatic hydroxyl groups is 1. The van der Waals surface area contributed by atoms with Crippen molar-refractivity contribution < 1.29 is 24.2 Å². The summed E-state index contributed by atoms with van der Waals surface area (Å²) >= 11 is 5.81. The van der Waals surface area contributed by atoms with Gasteiger partial charge in [-0.1, -0.05) is 24.6 Å². The summed E-state index contributed by atoms with van der Waals surface area (Å²) in [6.45, 7) is 12.7. The van der Waals surface area contributed by atoms with Crippen LogP contribution in [-0.2, 0) is 19.1 Å². The SMILES string of the molecule is C=CC(C)OCCC(CCN(CC)C(=O)/C(=C/C(Cl)=C/O)CC)C(=O)OCC. The molecule has 0 saturated carbocycles. The number of carbonyl (C=O) groups excluding carboxylic acids is 2. The normalized spacial score (nSPS) is 14.3. The fourth-order valence-corrected chi connectivity index (χ4v) is 2.67. The lowest BCUT2D eigenvalue weighted by atomic mass is 10.0. The van der Waals surface area contributed by atoms with Crippen molar-refractivity contribution in [2.45, 2.75) is 53.1 Å². The van der Waals surface area contributed by atoms with E-state index in [1.807, 2.05) is 20.8 Å². The highest BCUT2D eigenvalue weighted by Gasteiger charge is 2.23. The van der Waals surface area contributed by atoms with Gasteiger partial charge in [0.15, 0.2) is 0 Å². The van der Waals surface area contributed by atoms with E-state index in [1.165, 1.54) is 6.08 Å². The van der Waals surface area contributed by atoms with Crippen LogP contribution < -0.4 is 0 Å². The van der Waals surface area contributed by atoms with Crippen molar-refractivity contribution in [3.05, 3.63) is 35.6 Å². The Morgan fingerprint density at radius 2 is 1.93 bits per heavy atom. The Bertz CT molecular complexity index is 559. The van der Waals surface area contributed by atoms with Gasteiger partial charge in [-0.15, -0.1) is 6.58 Å². The van der Waals surface area contributed by atoms with Crippen LogP contribution in [0, 0.1) is 5.92 Å². The van der Waals surface area contributed by atoms with Gasteiger partial charge in [0, 0.05) is 25.3 Å². The van der Waals surface area contributed by atoms with Gasteiger partial charge in [-0.3, -0.25) is 9.59 Å². The smallest absolute Gasteiger partial charge is 0.309 e. The molecule has 0 aromatic rings. The number of nitrogens with zero attached hydrogens (tertiary/aromatic N) is 1. The van der Waals surface area contributed by atoms with Crippen molar-refractivity contribution in [3.63, 3.8) is 0 Å². The molecule has 0 fully saturated rings. The monoisotopic (exact) mass is 415 g/mol. The largest absolute Gasteiger partial charge is 0.514 e. The molecule has 7 heteroatoms. The molecule has 0 aliphatic carbocycles. The lowest BCUT2D eigenvalue weighted by Crippen LogP contribution is -2.35. The molecular formula is C21H34ClNO5. The van der Waals surface area contributed by atoms with Gasteiger partial charge in [0.05, 0.1) is 29.9 Å². The maximum absolute atomic E-state index is 12.7. The molecular weight excluding hydrogens is 382 g/mol. The number of esters is 1. The van der Waals surface area contributed by atoms with E-state index in [1.54, 1.807) is 17.9 Å². The van der Waals surface area contributed by atoms with E-state index in [2.05, 4.69) is 6.58 Å². The summed E-state index contributed by atoms with van der Waals surface area (Å²) in [5.74, 6) is -0.795. The van der Waals surface area contributed by atoms with Gasteiger partial charge in [0.25, 0.3) is 0 Å². The molecule has 0 aliphatic heterocycles. The lowest BCUT2D eigenvalue weighted by molar-refractivity contribution is -0.149. The highest BCUT2D eigenvalue weighted by molar-refractivity contribution is 6.31. The molecule has 6 nitrogen and oxygen atoms in total. The maximum Gasteiger partial charge on any atom is 0.309 e. The molecule has 1 amide bonds. The van der Waals surface area contributed by atoms with Gasteiger partial charge >= 0.3 is 5.97 Å². The van der Waals surface area contributed by atoms with E-state index >= 15 is 0 Å². The summed E-state index contributed by atoms with van der Waals surface area (Å²) in [5, 5.41) is 9.05. The third kappa shape index (κ3) is 9.95. The number of hydrogen-bond donors (Lipinski definition) is 1. The van der Waals surface area contributed by atoms with Crippen LogP contribution in [0.2, 0.25) is 0 Å². The lowest BCUT2D eigenvalue weighted by Gasteiger charge is -2.24. The molecule has 1 N–H and O–H groups in total. The molecule has 2 atom stereocenters. The first kappa shape index (κ1) is 26.2. The predicted octanol–water partition coefficient (Wildman–Crippen LogP) is 4.36. The Kier molecular flexibility index (Phi) is 14.2. The molecule has 0 bridgehead atoms. The number of allylic oxidation sites excluding steroid dienone is 2. The van der Waals surface area contributed by atoms with Crippen molar-refractivity contribution in [2.24, 2.45) is 5.92 Å². The second-order valence-corrected chi connectivity index (χ2v) is 6.70. The van der Waals surface area contributed by atoms with Crippen LogP contribution in [0.5, 0.6) is 0 Å². The Labute approximate surface area is 173 Å². The minimum absolute atomic E-state index is 0.0851. The summed E-state index contributed by atoms with van der Waals surface area (Å²) in [4.78, 5) is 26.7. The van der Waals surface area contributed by atoms with Crippen LogP contribution in [0.1, 0.15) is 47.0 Å². The van der Waals surface area contributed by atoms with Gasteiger partial charge in [-0.05, 0) is 46.1 Å². The fraction of sp³-hybridized carbons (Fsp3) is 0.619. The summed E-state index contributed by atoms with van der Waals surface area (Å²) < 4.78 is 10.8. The number of carbonyl (C=O) groups is 2. The number of ether oxygens (including phenoxy) is 2. The van der Waals surface area contributed by atoms with E-state index in [0.717, 1.165) is 6.26 Å². The molecule has 0 aromatic heterocycles. The zero-order valence-electron chi connectivity index (χ0n) is 17.4. The van der Waals surface area contributed by atoms with Crippen molar-refractivity contribution >= 4 is 23.5 Å². The molecule has 2 unspecified atom stereocenters. The van der Waals surface area contributed by atoms with E-state index in [4.69, 9.17) is 26.2 Å². The minimum Gasteiger partial charge on any atom is -0.514 e.